The Balaban J connectivity index is 1.02. The maximum atomic E-state index is 12.5. The molecule has 7 rings (SSSR count). The first-order valence-electron chi connectivity index (χ1n) is 15.0. The molecule has 0 aromatic heterocycles. The van der Waals surface area contributed by atoms with Crippen molar-refractivity contribution in [3.8, 4) is 5.75 Å². The Morgan fingerprint density at radius 2 is 1.80 bits per heavy atom. The van der Waals surface area contributed by atoms with Crippen molar-refractivity contribution < 1.29 is 14.3 Å². The molecule has 206 valence electrons. The van der Waals surface area contributed by atoms with E-state index >= 15 is 0 Å². The van der Waals surface area contributed by atoms with Crippen LogP contribution in [0.4, 0.5) is 11.4 Å². The van der Waals surface area contributed by atoms with Crippen LogP contribution in [0.25, 0.3) is 10.8 Å². The molecule has 1 saturated carbocycles. The van der Waals surface area contributed by atoms with Gasteiger partial charge in [0.1, 0.15) is 11.4 Å². The lowest BCUT2D eigenvalue weighted by molar-refractivity contribution is -0.149. The molecule has 40 heavy (non-hydrogen) atoms. The fourth-order valence-electron chi connectivity index (χ4n) is 7.50. The van der Waals surface area contributed by atoms with Crippen LogP contribution in [0.1, 0.15) is 57.9 Å². The summed E-state index contributed by atoms with van der Waals surface area (Å²) in [6.07, 6.45) is 12.7. The number of unbranched alkanes of at least 4 members (excludes halogenated alkanes) is 3. The average molecular weight is 535 g/mol. The Bertz CT molecular complexity index is 1510. The third kappa shape index (κ3) is 3.96. The minimum Gasteiger partial charge on any atom is -0.465 e. The number of fused-ring (bicyclic) bond motifs is 6. The minimum absolute atomic E-state index is 0.0106. The average Bonchev–Trinajstić information content (AvgIpc) is 3.66. The van der Waals surface area contributed by atoms with E-state index in [0.29, 0.717) is 18.4 Å². The predicted molar refractivity (Wildman–Crippen MR) is 161 cm³/mol. The molecule has 0 amide bonds. The number of carbonyl (C=O) groups is 1. The first kappa shape index (κ1) is 25.4. The van der Waals surface area contributed by atoms with Gasteiger partial charge >= 0.3 is 5.97 Å². The highest BCUT2D eigenvalue weighted by atomic mass is 16.5. The second-order valence-electron chi connectivity index (χ2n) is 12.5. The summed E-state index contributed by atoms with van der Waals surface area (Å²) >= 11 is 0. The van der Waals surface area contributed by atoms with E-state index in [4.69, 9.17) is 14.5 Å². The van der Waals surface area contributed by atoms with Gasteiger partial charge < -0.3 is 14.4 Å². The number of carbonyl (C=O) groups excluding carboxylic acids is 1. The van der Waals surface area contributed by atoms with Crippen LogP contribution < -0.4 is 9.64 Å². The summed E-state index contributed by atoms with van der Waals surface area (Å²) in [5.74, 6) is 1.94. The maximum Gasteiger partial charge on any atom is 0.309 e. The number of para-hydroxylation sites is 1. The molecule has 4 unspecified atom stereocenters. The van der Waals surface area contributed by atoms with Crippen molar-refractivity contribution in [3.63, 3.8) is 0 Å². The summed E-state index contributed by atoms with van der Waals surface area (Å²) in [7, 11) is 0. The van der Waals surface area contributed by atoms with Crippen molar-refractivity contribution in [1.82, 2.24) is 0 Å². The second kappa shape index (κ2) is 9.79. The van der Waals surface area contributed by atoms with E-state index in [1.54, 1.807) is 0 Å². The molecule has 0 radical (unpaired) electrons. The van der Waals surface area contributed by atoms with Crippen molar-refractivity contribution in [2.24, 2.45) is 22.7 Å². The third-order valence-electron chi connectivity index (χ3n) is 9.76. The molecule has 3 aromatic rings. The molecule has 1 fully saturated rings. The molecule has 1 spiro atoms. The van der Waals surface area contributed by atoms with Crippen LogP contribution in [-0.2, 0) is 14.9 Å². The largest absolute Gasteiger partial charge is 0.465 e. The van der Waals surface area contributed by atoms with Crippen LogP contribution in [0, 0.1) is 17.8 Å². The Kier molecular flexibility index (Phi) is 6.21. The first-order chi connectivity index (χ1) is 19.5. The van der Waals surface area contributed by atoms with Gasteiger partial charge in [0.25, 0.3) is 0 Å². The normalized spacial score (nSPS) is 26.8. The first-order valence-corrected chi connectivity index (χ1v) is 15.0. The summed E-state index contributed by atoms with van der Waals surface area (Å²) in [5, 5.41) is 2.28. The summed E-state index contributed by atoms with van der Waals surface area (Å²) in [6, 6.07) is 21.2. The number of nitrogens with zero attached hydrogens (tertiary/aromatic N) is 2. The highest BCUT2D eigenvalue weighted by Crippen LogP contribution is 2.54. The number of allylic oxidation sites excluding steroid dienone is 2. The van der Waals surface area contributed by atoms with Crippen LogP contribution in [0.15, 0.2) is 77.8 Å². The van der Waals surface area contributed by atoms with Gasteiger partial charge in [-0.25, -0.2) is 0 Å². The topological polar surface area (TPSA) is 51.1 Å². The molecular weight excluding hydrogens is 496 g/mol. The van der Waals surface area contributed by atoms with Crippen LogP contribution in [0.3, 0.4) is 0 Å². The Morgan fingerprint density at radius 3 is 2.65 bits per heavy atom. The molecule has 3 aromatic carbocycles. The van der Waals surface area contributed by atoms with Gasteiger partial charge in [0, 0.05) is 17.6 Å². The number of ether oxygens (including phenoxy) is 2. The Morgan fingerprint density at radius 1 is 0.975 bits per heavy atom. The lowest BCUT2D eigenvalue weighted by Crippen LogP contribution is -2.62. The monoisotopic (exact) mass is 534 g/mol. The third-order valence-corrected chi connectivity index (χ3v) is 9.76. The van der Waals surface area contributed by atoms with E-state index in [1.165, 1.54) is 16.6 Å². The molecule has 0 N–H and O–H groups in total. The van der Waals surface area contributed by atoms with Gasteiger partial charge in [-0.3, -0.25) is 9.79 Å². The Labute approximate surface area is 236 Å². The van der Waals surface area contributed by atoms with Gasteiger partial charge in [0.15, 0.2) is 0 Å². The van der Waals surface area contributed by atoms with Crippen LogP contribution in [0.5, 0.6) is 5.75 Å². The van der Waals surface area contributed by atoms with Crippen molar-refractivity contribution >= 4 is 34.3 Å². The molecule has 2 heterocycles. The maximum absolute atomic E-state index is 12.5. The van der Waals surface area contributed by atoms with Gasteiger partial charge in [0.05, 0.1) is 24.2 Å². The van der Waals surface area contributed by atoms with E-state index in [-0.39, 0.29) is 17.3 Å². The highest BCUT2D eigenvalue weighted by Gasteiger charge is 2.59. The van der Waals surface area contributed by atoms with E-state index in [1.807, 2.05) is 6.21 Å². The van der Waals surface area contributed by atoms with Gasteiger partial charge in [-0.05, 0) is 80.9 Å². The Hall–Kier alpha value is -3.60. The smallest absolute Gasteiger partial charge is 0.309 e. The van der Waals surface area contributed by atoms with Gasteiger partial charge in [-0.2, -0.15) is 0 Å². The summed E-state index contributed by atoms with van der Waals surface area (Å²) in [5.41, 5.74) is 2.42. The molecule has 5 nitrogen and oxygen atoms in total. The standard InChI is InChI=1S/C35H38N2O3/c1-34(2)29-13-7-8-14-30(29)37(19-9-3-4-10-20-39-33(38)28-22-24-15-16-26(28)21-24)35(34)23-36-32-27-12-6-5-11-25(27)17-18-31(32)40-35/h5-8,11-18,23-24,26,28H,3-4,9-10,19-22H2,1-2H3. The van der Waals surface area contributed by atoms with Gasteiger partial charge in [-0.1, -0.05) is 67.1 Å². The molecule has 4 aliphatic rings. The van der Waals surface area contributed by atoms with E-state index in [2.05, 4.69) is 91.6 Å². The fourth-order valence-corrected chi connectivity index (χ4v) is 7.50. The zero-order valence-corrected chi connectivity index (χ0v) is 23.5. The molecule has 2 bridgehead atoms. The molecule has 2 aliphatic heterocycles. The van der Waals surface area contributed by atoms with Crippen molar-refractivity contribution in [2.45, 2.75) is 63.5 Å². The quantitative estimate of drug-likeness (QED) is 0.168. The molecule has 5 heteroatoms. The number of hydrogen-bond acceptors (Lipinski definition) is 5. The molecule has 0 saturated heterocycles. The van der Waals surface area contributed by atoms with Gasteiger partial charge in [0.2, 0.25) is 5.72 Å². The number of hydrogen-bond donors (Lipinski definition) is 0. The van der Waals surface area contributed by atoms with Crippen molar-refractivity contribution in [1.29, 1.82) is 0 Å². The lowest BCUT2D eigenvalue weighted by atomic mass is 9.77. The molecular formula is C35H38N2O3. The lowest BCUT2D eigenvalue weighted by Gasteiger charge is -2.46. The van der Waals surface area contributed by atoms with E-state index in [9.17, 15) is 4.79 Å². The number of aliphatic imine (C=N–C) groups is 1. The van der Waals surface area contributed by atoms with Crippen LogP contribution >= 0.6 is 0 Å². The summed E-state index contributed by atoms with van der Waals surface area (Å²) < 4.78 is 12.7. The zero-order valence-electron chi connectivity index (χ0n) is 23.5. The summed E-state index contributed by atoms with van der Waals surface area (Å²) in [4.78, 5) is 20.0. The number of benzene rings is 3. The highest BCUT2D eigenvalue weighted by molar-refractivity contribution is 5.99. The van der Waals surface area contributed by atoms with Crippen molar-refractivity contribution in [2.75, 3.05) is 18.1 Å². The summed E-state index contributed by atoms with van der Waals surface area (Å²) in [6.45, 7) is 5.93. The molecule has 4 atom stereocenters. The second-order valence-corrected chi connectivity index (χ2v) is 12.5. The SMILES string of the molecule is CC1(C)c2ccccc2N(CCCCCCOC(=O)C2CC3C=CC2C3)C12C=Nc1c(ccc3ccccc13)O2. The van der Waals surface area contributed by atoms with Crippen molar-refractivity contribution in [3.05, 3.63) is 78.4 Å². The van der Waals surface area contributed by atoms with Gasteiger partial charge in [-0.15, -0.1) is 0 Å². The molecule has 2 aliphatic carbocycles. The van der Waals surface area contributed by atoms with E-state index in [0.717, 1.165) is 61.9 Å². The van der Waals surface area contributed by atoms with E-state index < -0.39 is 5.72 Å². The minimum atomic E-state index is -0.698. The van der Waals surface area contributed by atoms with Crippen LogP contribution in [-0.4, -0.2) is 31.1 Å². The number of rotatable bonds is 8. The fraction of sp³-hybridized carbons (Fsp3) is 0.429. The van der Waals surface area contributed by atoms with Crippen LogP contribution in [0.2, 0.25) is 0 Å². The zero-order chi connectivity index (χ0) is 27.3. The predicted octanol–water partition coefficient (Wildman–Crippen LogP) is 7.74. The number of anilines is 1. The number of esters is 1.